The molecule has 100 valence electrons. The van der Waals surface area contributed by atoms with Crippen LogP contribution in [0.5, 0.6) is 0 Å². The van der Waals surface area contributed by atoms with Gasteiger partial charge in [0, 0.05) is 29.6 Å². The highest BCUT2D eigenvalue weighted by Crippen LogP contribution is 2.20. The van der Waals surface area contributed by atoms with Gasteiger partial charge in [-0.2, -0.15) is 0 Å². The Hall–Kier alpha value is -1.30. The number of hydrogen-bond donors (Lipinski definition) is 1. The molecule has 1 aromatic rings. The van der Waals surface area contributed by atoms with Gasteiger partial charge in [-0.05, 0) is 26.0 Å². The summed E-state index contributed by atoms with van der Waals surface area (Å²) in [6.45, 7) is 5.29. The van der Waals surface area contributed by atoms with E-state index < -0.39 is 10.8 Å². The second-order valence-corrected chi connectivity index (χ2v) is 7.17. The fourth-order valence-electron chi connectivity index (χ4n) is 1.94. The first-order chi connectivity index (χ1) is 8.49. The third kappa shape index (κ3) is 2.93. The molecule has 1 aromatic heterocycles. The van der Waals surface area contributed by atoms with Gasteiger partial charge in [0.2, 0.25) is 0 Å². The Morgan fingerprint density at radius 2 is 2.39 bits per heavy atom. The molecule has 1 atom stereocenters. The Labute approximate surface area is 109 Å². The maximum atomic E-state index is 12.0. The van der Waals surface area contributed by atoms with Crippen LogP contribution in [0.2, 0.25) is 0 Å². The maximum absolute atomic E-state index is 12.0. The van der Waals surface area contributed by atoms with Crippen LogP contribution in [0.25, 0.3) is 0 Å². The van der Waals surface area contributed by atoms with Crippen molar-refractivity contribution in [1.82, 2.24) is 10.2 Å². The molecule has 0 saturated carbocycles. The van der Waals surface area contributed by atoms with Crippen molar-refractivity contribution in [3.63, 3.8) is 0 Å². The molecule has 2 heterocycles. The summed E-state index contributed by atoms with van der Waals surface area (Å²) in [5.74, 6) is 1.27. The molecule has 1 unspecified atom stereocenters. The van der Waals surface area contributed by atoms with Crippen LogP contribution in [0.15, 0.2) is 22.8 Å². The molecule has 2 rings (SSSR count). The molecule has 0 aromatic carbocycles. The molecule has 1 fully saturated rings. The van der Waals surface area contributed by atoms with Crippen LogP contribution < -0.4 is 5.32 Å². The molecule has 18 heavy (non-hydrogen) atoms. The van der Waals surface area contributed by atoms with Crippen molar-refractivity contribution >= 4 is 16.8 Å². The van der Waals surface area contributed by atoms with Crippen LogP contribution in [0.1, 0.15) is 19.6 Å². The lowest BCUT2D eigenvalue weighted by Crippen LogP contribution is -2.54. The minimum absolute atomic E-state index is 0.129. The van der Waals surface area contributed by atoms with E-state index in [2.05, 4.69) is 5.32 Å². The largest absolute Gasteiger partial charge is 0.467 e. The predicted octanol–water partition coefficient (Wildman–Crippen LogP) is 1.33. The first-order valence-corrected chi connectivity index (χ1v) is 7.24. The zero-order chi connectivity index (χ0) is 13.2. The van der Waals surface area contributed by atoms with Crippen molar-refractivity contribution in [2.24, 2.45) is 0 Å². The van der Waals surface area contributed by atoms with Crippen LogP contribution in [-0.4, -0.2) is 38.7 Å². The Morgan fingerprint density at radius 3 is 3.00 bits per heavy atom. The molecule has 0 aliphatic carbocycles. The molecule has 2 amide bonds. The Bertz CT molecular complexity index is 442. The average Bonchev–Trinajstić information content (AvgIpc) is 2.82. The third-order valence-corrected chi connectivity index (χ3v) is 4.93. The van der Waals surface area contributed by atoms with Crippen molar-refractivity contribution in [2.45, 2.75) is 25.1 Å². The topological polar surface area (TPSA) is 62.6 Å². The minimum Gasteiger partial charge on any atom is -0.467 e. The SMILES string of the molecule is CC1(C)CN(C(=O)NCc2ccco2)CCS1=O. The number of nitrogens with one attached hydrogen (secondary N) is 1. The fraction of sp³-hybridized carbons (Fsp3) is 0.583. The number of furan rings is 1. The summed E-state index contributed by atoms with van der Waals surface area (Å²) in [6.07, 6.45) is 1.58. The van der Waals surface area contributed by atoms with E-state index in [1.54, 1.807) is 17.2 Å². The van der Waals surface area contributed by atoms with Crippen LogP contribution in [0, 0.1) is 0 Å². The van der Waals surface area contributed by atoms with Crippen molar-refractivity contribution < 1.29 is 13.4 Å². The molecule has 1 aliphatic heterocycles. The summed E-state index contributed by atoms with van der Waals surface area (Å²) >= 11 is 0. The Morgan fingerprint density at radius 1 is 1.61 bits per heavy atom. The molecule has 0 bridgehead atoms. The lowest BCUT2D eigenvalue weighted by molar-refractivity contribution is 0.192. The van der Waals surface area contributed by atoms with Gasteiger partial charge in [0.15, 0.2) is 0 Å². The van der Waals surface area contributed by atoms with Gasteiger partial charge in [0.1, 0.15) is 5.76 Å². The molecule has 1 N–H and O–H groups in total. The van der Waals surface area contributed by atoms with E-state index in [0.717, 1.165) is 5.76 Å². The van der Waals surface area contributed by atoms with Gasteiger partial charge in [0.05, 0.1) is 17.6 Å². The highest BCUT2D eigenvalue weighted by atomic mass is 32.2. The highest BCUT2D eigenvalue weighted by molar-refractivity contribution is 7.86. The molecule has 1 saturated heterocycles. The van der Waals surface area contributed by atoms with E-state index >= 15 is 0 Å². The van der Waals surface area contributed by atoms with Crippen molar-refractivity contribution in [3.8, 4) is 0 Å². The van der Waals surface area contributed by atoms with Crippen LogP contribution >= 0.6 is 0 Å². The van der Waals surface area contributed by atoms with E-state index in [9.17, 15) is 9.00 Å². The molecule has 6 heteroatoms. The standard InChI is InChI=1S/C12H18N2O3S/c1-12(2)9-14(5-7-18(12)16)11(15)13-8-10-4-3-6-17-10/h3-4,6H,5,7-9H2,1-2H3,(H,13,15). The number of hydrogen-bond acceptors (Lipinski definition) is 3. The smallest absolute Gasteiger partial charge is 0.317 e. The summed E-state index contributed by atoms with van der Waals surface area (Å²) in [6, 6.07) is 3.47. The van der Waals surface area contributed by atoms with Gasteiger partial charge in [-0.25, -0.2) is 4.79 Å². The summed E-state index contributed by atoms with van der Waals surface area (Å²) in [4.78, 5) is 13.7. The van der Waals surface area contributed by atoms with Gasteiger partial charge >= 0.3 is 6.03 Å². The van der Waals surface area contributed by atoms with Gasteiger partial charge in [-0.1, -0.05) is 0 Å². The van der Waals surface area contributed by atoms with Crippen molar-refractivity contribution in [1.29, 1.82) is 0 Å². The second kappa shape index (κ2) is 5.14. The zero-order valence-electron chi connectivity index (χ0n) is 10.6. The van der Waals surface area contributed by atoms with E-state index in [4.69, 9.17) is 4.42 Å². The predicted molar refractivity (Wildman–Crippen MR) is 69.6 cm³/mol. The van der Waals surface area contributed by atoms with Crippen molar-refractivity contribution in [3.05, 3.63) is 24.2 Å². The average molecular weight is 270 g/mol. The van der Waals surface area contributed by atoms with E-state index in [1.807, 2.05) is 19.9 Å². The summed E-state index contributed by atoms with van der Waals surface area (Å²) in [5.41, 5.74) is 0. The summed E-state index contributed by atoms with van der Waals surface area (Å²) in [5, 5.41) is 2.80. The lowest BCUT2D eigenvalue weighted by Gasteiger charge is -2.37. The molecular formula is C12H18N2O3S. The normalized spacial score (nSPS) is 22.8. The molecule has 5 nitrogen and oxygen atoms in total. The van der Waals surface area contributed by atoms with Crippen LogP contribution in [-0.2, 0) is 17.3 Å². The summed E-state index contributed by atoms with van der Waals surface area (Å²) < 4.78 is 16.6. The first kappa shape index (κ1) is 13.1. The Kier molecular flexibility index (Phi) is 3.75. The lowest BCUT2D eigenvalue weighted by atomic mass is 10.2. The molecule has 0 radical (unpaired) electrons. The van der Waals surface area contributed by atoms with Crippen LogP contribution in [0.3, 0.4) is 0 Å². The Balaban J connectivity index is 1.88. The van der Waals surface area contributed by atoms with E-state index in [0.29, 0.717) is 25.4 Å². The quantitative estimate of drug-likeness (QED) is 0.882. The number of carbonyl (C=O) groups excluding carboxylic acids is 1. The third-order valence-electron chi connectivity index (χ3n) is 3.02. The van der Waals surface area contributed by atoms with Gasteiger partial charge in [-0.3, -0.25) is 4.21 Å². The zero-order valence-corrected chi connectivity index (χ0v) is 11.5. The van der Waals surface area contributed by atoms with Gasteiger partial charge < -0.3 is 14.6 Å². The number of amides is 2. The number of nitrogens with zero attached hydrogens (tertiary/aromatic N) is 1. The van der Waals surface area contributed by atoms with E-state index in [1.165, 1.54) is 0 Å². The second-order valence-electron chi connectivity index (χ2n) is 4.97. The minimum atomic E-state index is -0.861. The monoisotopic (exact) mass is 270 g/mol. The number of urea groups is 1. The molecule has 1 aliphatic rings. The van der Waals surface area contributed by atoms with E-state index in [-0.39, 0.29) is 10.8 Å². The molecular weight excluding hydrogens is 252 g/mol. The van der Waals surface area contributed by atoms with Gasteiger partial charge in [0.25, 0.3) is 0 Å². The van der Waals surface area contributed by atoms with Crippen molar-refractivity contribution in [2.75, 3.05) is 18.8 Å². The molecule has 0 spiro atoms. The summed E-state index contributed by atoms with van der Waals surface area (Å²) in [7, 11) is -0.861. The fourth-order valence-corrected chi connectivity index (χ4v) is 3.18. The van der Waals surface area contributed by atoms with Gasteiger partial charge in [-0.15, -0.1) is 0 Å². The first-order valence-electron chi connectivity index (χ1n) is 5.93. The van der Waals surface area contributed by atoms with Crippen LogP contribution in [0.4, 0.5) is 4.79 Å². The number of carbonyl (C=O) groups is 1. The number of rotatable bonds is 2. The highest BCUT2D eigenvalue weighted by Gasteiger charge is 2.35. The maximum Gasteiger partial charge on any atom is 0.317 e.